The molecule has 0 aromatic heterocycles. The number of hydrogen-bond donors (Lipinski definition) is 0. The van der Waals surface area contributed by atoms with Crippen LogP contribution < -0.4 is 0 Å². The normalized spacial score (nSPS) is 20.0. The molecule has 0 aromatic rings. The molecule has 0 amide bonds. The van der Waals surface area contributed by atoms with Gasteiger partial charge in [0.05, 0.1) is 0 Å². The Labute approximate surface area is 87.3 Å². The van der Waals surface area contributed by atoms with Gasteiger partial charge in [0, 0.05) is 24.4 Å². The van der Waals surface area contributed by atoms with E-state index < -0.39 is 0 Å². The molecule has 0 heterocycles. The van der Waals surface area contributed by atoms with Gasteiger partial charge in [-0.2, -0.15) is 0 Å². The van der Waals surface area contributed by atoms with Crippen molar-refractivity contribution in [2.45, 2.75) is 6.42 Å². The molecule has 0 bridgehead atoms. The van der Waals surface area contributed by atoms with Gasteiger partial charge < -0.3 is 0 Å². The van der Waals surface area contributed by atoms with E-state index in [1.165, 1.54) is 8.96 Å². The summed E-state index contributed by atoms with van der Waals surface area (Å²) in [6.45, 7) is 0. The Morgan fingerprint density at radius 1 is 0.778 bits per heavy atom. The molecule has 1 aliphatic carbocycles. The quantitative estimate of drug-likeness (QED) is 0.584. The second-order valence-electron chi connectivity index (χ2n) is 1.61. The van der Waals surface area contributed by atoms with Gasteiger partial charge in [0.25, 0.3) is 0 Å². The molecule has 9 heavy (non-hydrogen) atoms. The molecular weight excluding hydrogens is 380 g/mol. The maximum absolute atomic E-state index is 3.42. The van der Waals surface area contributed by atoms with Crippen molar-refractivity contribution in [3.8, 4) is 0 Å². The maximum Gasteiger partial charge on any atom is 0.0430 e. The van der Waals surface area contributed by atoms with Crippen molar-refractivity contribution in [3.63, 3.8) is 0 Å². The highest BCUT2D eigenvalue weighted by Gasteiger charge is 2.16. The highest BCUT2D eigenvalue weighted by Crippen LogP contribution is 2.44. The van der Waals surface area contributed by atoms with E-state index in [9.17, 15) is 0 Å². The molecule has 4 heteroatoms. The molecule has 0 saturated heterocycles. The minimum absolute atomic E-state index is 0.946. The van der Waals surface area contributed by atoms with Crippen molar-refractivity contribution < 1.29 is 0 Å². The topological polar surface area (TPSA) is 0 Å². The smallest absolute Gasteiger partial charge is 0.0430 e. The minimum Gasteiger partial charge on any atom is -0.0540 e. The Morgan fingerprint density at radius 3 is 1.22 bits per heavy atom. The molecule has 0 fully saturated rings. The molecular formula is C5H2Br4. The fourth-order valence-corrected chi connectivity index (χ4v) is 3.15. The average molecular weight is 382 g/mol. The summed E-state index contributed by atoms with van der Waals surface area (Å²) < 4.78 is 4.58. The Kier molecular flexibility index (Phi) is 3.02. The Morgan fingerprint density at radius 2 is 1.11 bits per heavy atom. The van der Waals surface area contributed by atoms with Crippen LogP contribution in [0.25, 0.3) is 0 Å². The highest BCUT2D eigenvalue weighted by molar-refractivity contribution is 9.17. The van der Waals surface area contributed by atoms with Crippen LogP contribution in [0.2, 0.25) is 0 Å². The summed E-state index contributed by atoms with van der Waals surface area (Å²) in [5, 5.41) is 0. The molecule has 0 saturated carbocycles. The minimum atomic E-state index is 0.946. The largest absolute Gasteiger partial charge is 0.0540 e. The van der Waals surface area contributed by atoms with Gasteiger partial charge in [0.2, 0.25) is 0 Å². The number of hydrogen-bond acceptors (Lipinski definition) is 0. The predicted octanol–water partition coefficient (Wildman–Crippen LogP) is 4.39. The van der Waals surface area contributed by atoms with Gasteiger partial charge >= 0.3 is 0 Å². The number of allylic oxidation sites excluding steroid dienone is 4. The van der Waals surface area contributed by atoms with E-state index in [1.807, 2.05) is 0 Å². The first-order chi connectivity index (χ1) is 4.13. The molecule has 1 rings (SSSR count). The van der Waals surface area contributed by atoms with Gasteiger partial charge in [-0.15, -0.1) is 0 Å². The summed E-state index contributed by atoms with van der Waals surface area (Å²) in [6, 6.07) is 0. The van der Waals surface area contributed by atoms with Crippen molar-refractivity contribution in [2.24, 2.45) is 0 Å². The van der Waals surface area contributed by atoms with E-state index in [0.717, 1.165) is 15.4 Å². The maximum atomic E-state index is 3.42. The van der Waals surface area contributed by atoms with Crippen LogP contribution in [0.1, 0.15) is 6.42 Å². The van der Waals surface area contributed by atoms with Gasteiger partial charge in [0.15, 0.2) is 0 Å². The molecule has 0 spiro atoms. The van der Waals surface area contributed by atoms with Crippen LogP contribution in [0.4, 0.5) is 0 Å². The van der Waals surface area contributed by atoms with Crippen molar-refractivity contribution in [1.82, 2.24) is 0 Å². The van der Waals surface area contributed by atoms with Crippen LogP contribution in [0.15, 0.2) is 17.9 Å². The molecule has 0 unspecified atom stereocenters. The van der Waals surface area contributed by atoms with Crippen molar-refractivity contribution in [2.75, 3.05) is 0 Å². The molecule has 1 aliphatic rings. The fraction of sp³-hybridized carbons (Fsp3) is 0.200. The van der Waals surface area contributed by atoms with Gasteiger partial charge in [-0.3, -0.25) is 0 Å². The predicted molar refractivity (Wildman–Crippen MR) is 54.4 cm³/mol. The third-order valence-corrected chi connectivity index (χ3v) is 5.68. The van der Waals surface area contributed by atoms with Crippen molar-refractivity contribution in [1.29, 1.82) is 0 Å². The summed E-state index contributed by atoms with van der Waals surface area (Å²) in [5.74, 6) is 0. The van der Waals surface area contributed by atoms with Crippen molar-refractivity contribution in [3.05, 3.63) is 17.9 Å². The van der Waals surface area contributed by atoms with Crippen molar-refractivity contribution >= 4 is 63.7 Å². The number of rotatable bonds is 0. The summed E-state index contributed by atoms with van der Waals surface area (Å²) in [7, 11) is 0. The second kappa shape index (κ2) is 3.20. The second-order valence-corrected chi connectivity index (χ2v) is 5.12. The Balaban J connectivity index is 2.97. The molecule has 0 N–H and O–H groups in total. The third-order valence-electron chi connectivity index (χ3n) is 0.979. The number of halogens is 4. The van der Waals surface area contributed by atoms with Gasteiger partial charge in [0.1, 0.15) is 0 Å². The van der Waals surface area contributed by atoms with E-state index in [2.05, 4.69) is 63.7 Å². The average Bonchev–Trinajstić information content (AvgIpc) is 1.98. The monoisotopic (exact) mass is 378 g/mol. The molecule has 0 atom stereocenters. The van der Waals surface area contributed by atoms with Gasteiger partial charge in [-0.05, 0) is 31.9 Å². The third kappa shape index (κ3) is 1.70. The van der Waals surface area contributed by atoms with E-state index in [4.69, 9.17) is 0 Å². The van der Waals surface area contributed by atoms with Crippen LogP contribution in [-0.2, 0) is 0 Å². The Bertz CT molecular complexity index is 179. The van der Waals surface area contributed by atoms with Crippen LogP contribution >= 0.6 is 63.7 Å². The molecule has 0 aliphatic heterocycles. The zero-order chi connectivity index (χ0) is 7.02. The molecule has 50 valence electrons. The highest BCUT2D eigenvalue weighted by atomic mass is 79.9. The van der Waals surface area contributed by atoms with E-state index in [1.54, 1.807) is 0 Å². The summed E-state index contributed by atoms with van der Waals surface area (Å²) >= 11 is 13.6. The standard InChI is InChI=1S/C5H2Br4/c6-2-1-3(7)5(9)4(2)8/h1H2. The lowest BCUT2D eigenvalue weighted by Crippen LogP contribution is -1.62. The molecule has 0 aromatic carbocycles. The first kappa shape index (κ1) is 8.50. The van der Waals surface area contributed by atoms with E-state index >= 15 is 0 Å². The zero-order valence-electron chi connectivity index (χ0n) is 4.22. The van der Waals surface area contributed by atoms with E-state index in [-0.39, 0.29) is 0 Å². The van der Waals surface area contributed by atoms with Crippen LogP contribution in [0.5, 0.6) is 0 Å². The first-order valence-electron chi connectivity index (χ1n) is 2.21. The fourth-order valence-electron chi connectivity index (χ4n) is 0.530. The van der Waals surface area contributed by atoms with E-state index in [0.29, 0.717) is 0 Å². The lowest BCUT2D eigenvalue weighted by atomic mass is 10.5. The lowest BCUT2D eigenvalue weighted by Gasteiger charge is -1.88. The van der Waals surface area contributed by atoms with Crippen LogP contribution in [-0.4, -0.2) is 0 Å². The van der Waals surface area contributed by atoms with Crippen LogP contribution in [0.3, 0.4) is 0 Å². The Hall–Kier alpha value is 1.40. The molecule has 0 nitrogen and oxygen atoms in total. The lowest BCUT2D eigenvalue weighted by molar-refractivity contribution is 1.40. The zero-order valence-corrected chi connectivity index (χ0v) is 10.6. The summed E-state index contributed by atoms with van der Waals surface area (Å²) in [5.41, 5.74) is 0. The van der Waals surface area contributed by atoms with Gasteiger partial charge in [-0.1, -0.05) is 31.9 Å². The SMILES string of the molecule is BrC1=C(Br)C(Br)=C(Br)C1. The summed E-state index contributed by atoms with van der Waals surface area (Å²) in [4.78, 5) is 0. The van der Waals surface area contributed by atoms with Crippen LogP contribution in [0, 0.1) is 0 Å². The van der Waals surface area contributed by atoms with Gasteiger partial charge in [-0.25, -0.2) is 0 Å². The summed E-state index contributed by atoms with van der Waals surface area (Å²) in [6.07, 6.45) is 0.946. The first-order valence-corrected chi connectivity index (χ1v) is 5.39. The molecule has 0 radical (unpaired) electrons.